The zero-order chi connectivity index (χ0) is 18.8. The third kappa shape index (κ3) is 4.06. The molecule has 1 fully saturated rings. The number of carbonyl (C=O) groups excluding carboxylic acids is 1. The number of hydrogen-bond acceptors (Lipinski definition) is 5. The average Bonchev–Trinajstić information content (AvgIpc) is 2.75. The highest BCUT2D eigenvalue weighted by atomic mass is 16.7. The van der Waals surface area contributed by atoms with E-state index in [0.717, 1.165) is 5.47 Å². The van der Waals surface area contributed by atoms with Crippen LogP contribution in [0.1, 0.15) is 43.6 Å². The van der Waals surface area contributed by atoms with Crippen molar-refractivity contribution >= 4 is 19.1 Å². The minimum absolute atomic E-state index is 0.393. The fourth-order valence-corrected chi connectivity index (χ4v) is 2.60. The number of hydrogen-bond donors (Lipinski definition) is 2. The van der Waals surface area contributed by atoms with E-state index in [4.69, 9.17) is 19.8 Å². The topological polar surface area (TPSA) is 82.8 Å². The summed E-state index contributed by atoms with van der Waals surface area (Å²) in [6.45, 7) is 8.58. The Bertz CT molecular complexity index is 670. The van der Waals surface area contributed by atoms with Gasteiger partial charge in [-0.3, -0.25) is 4.79 Å². The molecule has 3 N–H and O–H groups in total. The molecule has 0 bridgehead atoms. The fraction of sp³-hybridized carbons (Fsp3) is 0.500. The van der Waals surface area contributed by atoms with Gasteiger partial charge in [0.05, 0.1) is 18.3 Å². The molecular weight excluding hydrogens is 319 g/mol. The van der Waals surface area contributed by atoms with E-state index < -0.39 is 24.2 Å². The average molecular weight is 346 g/mol. The zero-order valence-electron chi connectivity index (χ0n) is 15.8. The Morgan fingerprint density at radius 1 is 1.28 bits per heavy atom. The van der Waals surface area contributed by atoms with Crippen molar-refractivity contribution in [2.24, 2.45) is 5.73 Å². The summed E-state index contributed by atoms with van der Waals surface area (Å²) >= 11 is 0. The van der Waals surface area contributed by atoms with Gasteiger partial charge in [-0.1, -0.05) is 12.1 Å². The maximum atomic E-state index is 11.8. The lowest BCUT2D eigenvalue weighted by Gasteiger charge is -2.32. The largest absolute Gasteiger partial charge is 0.497 e. The van der Waals surface area contributed by atoms with Crippen LogP contribution in [0.2, 0.25) is 0 Å². The van der Waals surface area contributed by atoms with Gasteiger partial charge in [0, 0.05) is 12.1 Å². The second-order valence-corrected chi connectivity index (χ2v) is 7.16. The molecule has 0 atom stereocenters. The quantitative estimate of drug-likeness (QED) is 0.770. The Morgan fingerprint density at radius 3 is 2.36 bits per heavy atom. The Morgan fingerprint density at radius 2 is 1.88 bits per heavy atom. The highest BCUT2D eigenvalue weighted by Gasteiger charge is 2.52. The van der Waals surface area contributed by atoms with Crippen LogP contribution >= 0.6 is 0 Å². The molecule has 0 saturated carbocycles. The number of ether oxygens (including phenoxy) is 1. The SMILES string of the molecule is CNCC(=Cc1ccc(OC)cc1C(N)=O)B1OC(C)(C)C(C)(C)O1. The van der Waals surface area contributed by atoms with Gasteiger partial charge in [-0.25, -0.2) is 0 Å². The first-order chi connectivity index (χ1) is 11.6. The molecule has 25 heavy (non-hydrogen) atoms. The molecule has 1 aliphatic heterocycles. The van der Waals surface area contributed by atoms with E-state index in [1.54, 1.807) is 25.3 Å². The van der Waals surface area contributed by atoms with Crippen molar-refractivity contribution in [3.05, 3.63) is 34.8 Å². The van der Waals surface area contributed by atoms with Crippen LogP contribution in [0.5, 0.6) is 5.75 Å². The van der Waals surface area contributed by atoms with Gasteiger partial charge in [-0.15, -0.1) is 0 Å². The van der Waals surface area contributed by atoms with E-state index in [1.165, 1.54) is 0 Å². The van der Waals surface area contributed by atoms with Crippen LogP contribution in [-0.4, -0.2) is 44.9 Å². The summed E-state index contributed by atoms with van der Waals surface area (Å²) in [5, 5.41) is 3.12. The van der Waals surface area contributed by atoms with Crippen LogP contribution < -0.4 is 15.8 Å². The van der Waals surface area contributed by atoms with Gasteiger partial charge in [0.2, 0.25) is 5.91 Å². The fourth-order valence-electron chi connectivity index (χ4n) is 2.60. The summed E-state index contributed by atoms with van der Waals surface area (Å²) in [6.07, 6.45) is 1.89. The lowest BCUT2D eigenvalue weighted by Crippen LogP contribution is -2.41. The van der Waals surface area contributed by atoms with Crippen LogP contribution in [0, 0.1) is 0 Å². The number of carbonyl (C=O) groups is 1. The van der Waals surface area contributed by atoms with Crippen molar-refractivity contribution in [2.45, 2.75) is 38.9 Å². The van der Waals surface area contributed by atoms with E-state index in [9.17, 15) is 4.79 Å². The molecule has 1 amide bonds. The number of methoxy groups -OCH3 is 1. The summed E-state index contributed by atoms with van der Waals surface area (Å²) in [5.74, 6) is 0.0691. The van der Waals surface area contributed by atoms with Gasteiger partial charge in [0.1, 0.15) is 5.75 Å². The molecular formula is C18H27BN2O4. The Labute approximate surface area is 149 Å². The maximum absolute atomic E-state index is 11.8. The highest BCUT2D eigenvalue weighted by Crippen LogP contribution is 2.38. The highest BCUT2D eigenvalue weighted by molar-refractivity contribution is 6.56. The standard InChI is InChI=1S/C18H27BN2O4/c1-17(2)18(3,4)25-19(24-17)13(11-21-5)9-12-7-8-14(23-6)10-15(12)16(20)22/h7-10,21H,11H2,1-6H3,(H2,20,22). The number of nitrogens with one attached hydrogen (secondary N) is 1. The number of benzene rings is 1. The summed E-state index contributed by atoms with van der Waals surface area (Å²) in [7, 11) is 2.90. The van der Waals surface area contributed by atoms with E-state index in [2.05, 4.69) is 5.32 Å². The maximum Gasteiger partial charge on any atom is 0.491 e. The van der Waals surface area contributed by atoms with Crippen LogP contribution in [-0.2, 0) is 9.31 Å². The second-order valence-electron chi connectivity index (χ2n) is 7.16. The molecule has 2 rings (SSSR count). The van der Waals surface area contributed by atoms with Crippen molar-refractivity contribution in [1.82, 2.24) is 5.32 Å². The summed E-state index contributed by atoms with van der Waals surface area (Å²) in [4.78, 5) is 11.8. The van der Waals surface area contributed by atoms with E-state index >= 15 is 0 Å². The third-order valence-corrected chi connectivity index (χ3v) is 4.80. The zero-order valence-corrected chi connectivity index (χ0v) is 15.8. The minimum Gasteiger partial charge on any atom is -0.497 e. The van der Waals surface area contributed by atoms with E-state index in [0.29, 0.717) is 23.4 Å². The molecule has 7 heteroatoms. The first-order valence-corrected chi connectivity index (χ1v) is 8.30. The van der Waals surface area contributed by atoms with Gasteiger partial charge >= 0.3 is 7.12 Å². The van der Waals surface area contributed by atoms with Crippen LogP contribution in [0.15, 0.2) is 23.7 Å². The number of primary amides is 1. The minimum atomic E-state index is -0.511. The molecule has 1 aromatic carbocycles. The molecule has 0 unspecified atom stereocenters. The number of rotatable bonds is 6. The molecule has 1 aromatic rings. The third-order valence-electron chi connectivity index (χ3n) is 4.80. The molecule has 0 radical (unpaired) electrons. The first kappa shape index (κ1) is 19.5. The Kier molecular flexibility index (Phi) is 5.61. The van der Waals surface area contributed by atoms with Crippen molar-refractivity contribution < 1.29 is 18.8 Å². The van der Waals surface area contributed by atoms with Gasteiger partial charge in [0.15, 0.2) is 0 Å². The van der Waals surface area contributed by atoms with Crippen LogP contribution in [0.4, 0.5) is 0 Å². The summed E-state index contributed by atoms with van der Waals surface area (Å²) in [5.41, 5.74) is 6.64. The smallest absolute Gasteiger partial charge is 0.491 e. The predicted molar refractivity (Wildman–Crippen MR) is 99.5 cm³/mol. The number of nitrogens with two attached hydrogens (primary N) is 1. The Hall–Kier alpha value is -1.83. The second kappa shape index (κ2) is 7.19. The van der Waals surface area contributed by atoms with Gasteiger partial charge < -0.3 is 25.1 Å². The van der Waals surface area contributed by atoms with E-state index in [1.807, 2.05) is 40.8 Å². The molecule has 1 aliphatic rings. The summed E-state index contributed by atoms with van der Waals surface area (Å²) < 4.78 is 17.4. The van der Waals surface area contributed by atoms with Crippen LogP contribution in [0.3, 0.4) is 0 Å². The van der Waals surface area contributed by atoms with Gasteiger partial charge in [-0.2, -0.15) is 0 Å². The van der Waals surface area contributed by atoms with Crippen molar-refractivity contribution in [3.8, 4) is 5.75 Å². The lowest BCUT2D eigenvalue weighted by molar-refractivity contribution is 0.00578. The molecule has 0 aromatic heterocycles. The molecule has 6 nitrogen and oxygen atoms in total. The van der Waals surface area contributed by atoms with Gasteiger partial charge in [0.25, 0.3) is 0 Å². The predicted octanol–water partition coefficient (Wildman–Crippen LogP) is 2.03. The lowest BCUT2D eigenvalue weighted by atomic mass is 9.76. The molecule has 136 valence electrons. The van der Waals surface area contributed by atoms with Crippen molar-refractivity contribution in [1.29, 1.82) is 0 Å². The Balaban J connectivity index is 2.43. The number of likely N-dealkylation sites (N-methyl/N-ethyl adjacent to an activating group) is 1. The molecule has 1 heterocycles. The van der Waals surface area contributed by atoms with Crippen molar-refractivity contribution in [3.63, 3.8) is 0 Å². The van der Waals surface area contributed by atoms with E-state index in [-0.39, 0.29) is 0 Å². The normalized spacial score (nSPS) is 19.1. The van der Waals surface area contributed by atoms with Crippen LogP contribution in [0.25, 0.3) is 6.08 Å². The number of amides is 1. The molecule has 1 saturated heterocycles. The van der Waals surface area contributed by atoms with Crippen molar-refractivity contribution in [2.75, 3.05) is 20.7 Å². The molecule has 0 aliphatic carbocycles. The van der Waals surface area contributed by atoms with Gasteiger partial charge in [-0.05, 0) is 57.9 Å². The monoisotopic (exact) mass is 346 g/mol. The first-order valence-electron chi connectivity index (χ1n) is 8.30. The summed E-state index contributed by atoms with van der Waals surface area (Å²) in [6, 6.07) is 5.23. The molecule has 0 spiro atoms.